The molecule has 0 aromatic heterocycles. The second-order valence-corrected chi connectivity index (χ2v) is 9.13. The number of ether oxygens (including phenoxy) is 3. The molecule has 3 rings (SSSR count). The molecule has 8 nitrogen and oxygen atoms in total. The molecule has 1 heterocycles. The van der Waals surface area contributed by atoms with Gasteiger partial charge in [0.05, 0.1) is 24.7 Å². The van der Waals surface area contributed by atoms with E-state index in [0.29, 0.717) is 48.6 Å². The van der Waals surface area contributed by atoms with Crippen LogP contribution in [0.3, 0.4) is 0 Å². The highest BCUT2D eigenvalue weighted by Crippen LogP contribution is 2.31. The number of hydrogen-bond acceptors (Lipinski definition) is 6. The number of sulfonamides is 1. The monoisotopic (exact) mass is 468 g/mol. The van der Waals surface area contributed by atoms with Crippen LogP contribution in [-0.4, -0.2) is 59.2 Å². The van der Waals surface area contributed by atoms with Crippen molar-refractivity contribution in [1.29, 1.82) is 0 Å². The Morgan fingerprint density at radius 2 is 1.84 bits per heavy atom. The SMILES string of the molecule is CN(CCOc1ccc(Cl)cc1)C(=O)CCNS(=O)(=O)c1ccc2c(c1)OCCCO2. The van der Waals surface area contributed by atoms with Gasteiger partial charge in [-0.1, -0.05) is 11.6 Å². The maximum Gasteiger partial charge on any atom is 0.240 e. The van der Waals surface area contributed by atoms with Gasteiger partial charge in [-0.2, -0.15) is 0 Å². The summed E-state index contributed by atoms with van der Waals surface area (Å²) in [5, 5.41) is 0.619. The first kappa shape index (κ1) is 23.2. The molecule has 0 unspecified atom stereocenters. The van der Waals surface area contributed by atoms with Crippen LogP contribution in [0.2, 0.25) is 5.02 Å². The lowest BCUT2D eigenvalue weighted by Gasteiger charge is -2.18. The number of amides is 1. The normalized spacial score (nSPS) is 13.4. The van der Waals surface area contributed by atoms with E-state index >= 15 is 0 Å². The van der Waals surface area contributed by atoms with E-state index in [1.807, 2.05) is 0 Å². The topological polar surface area (TPSA) is 94.2 Å². The Labute approximate surface area is 187 Å². The van der Waals surface area contributed by atoms with Crippen LogP contribution in [0.4, 0.5) is 0 Å². The van der Waals surface area contributed by atoms with Crippen LogP contribution in [0, 0.1) is 0 Å². The van der Waals surface area contributed by atoms with Crippen molar-refractivity contribution in [2.24, 2.45) is 0 Å². The number of rotatable bonds is 9. The predicted molar refractivity (Wildman–Crippen MR) is 116 cm³/mol. The molecule has 1 amide bonds. The van der Waals surface area contributed by atoms with Crippen molar-refractivity contribution in [1.82, 2.24) is 9.62 Å². The van der Waals surface area contributed by atoms with Crippen LogP contribution in [0.1, 0.15) is 12.8 Å². The van der Waals surface area contributed by atoms with Crippen LogP contribution < -0.4 is 18.9 Å². The maximum atomic E-state index is 12.5. The standard InChI is InChI=1S/C21H25ClN2O6S/c1-24(11-14-28-17-5-3-16(22)4-6-17)21(25)9-10-23-31(26,27)18-7-8-19-20(15-18)30-13-2-12-29-19/h3-8,15,23H,2,9-14H2,1H3. The molecule has 0 bridgehead atoms. The van der Waals surface area contributed by atoms with Crippen LogP contribution >= 0.6 is 11.6 Å². The van der Waals surface area contributed by atoms with Gasteiger partial charge in [0.25, 0.3) is 0 Å². The number of carbonyl (C=O) groups is 1. The summed E-state index contributed by atoms with van der Waals surface area (Å²) < 4.78 is 44.2. The van der Waals surface area contributed by atoms with E-state index in [9.17, 15) is 13.2 Å². The number of benzene rings is 2. The molecule has 0 spiro atoms. The molecule has 31 heavy (non-hydrogen) atoms. The van der Waals surface area contributed by atoms with E-state index in [0.717, 1.165) is 6.42 Å². The van der Waals surface area contributed by atoms with Gasteiger partial charge in [-0.15, -0.1) is 0 Å². The average molecular weight is 469 g/mol. The van der Waals surface area contributed by atoms with Gasteiger partial charge in [-0.05, 0) is 36.4 Å². The minimum atomic E-state index is -3.78. The Morgan fingerprint density at radius 3 is 2.58 bits per heavy atom. The Kier molecular flexibility index (Phi) is 8.00. The van der Waals surface area contributed by atoms with E-state index < -0.39 is 10.0 Å². The van der Waals surface area contributed by atoms with Gasteiger partial charge in [0, 0.05) is 37.5 Å². The molecule has 2 aromatic carbocycles. The fourth-order valence-electron chi connectivity index (χ4n) is 2.83. The molecule has 10 heteroatoms. The summed E-state index contributed by atoms with van der Waals surface area (Å²) in [6.07, 6.45) is 0.761. The molecule has 0 atom stereocenters. The third-order valence-corrected chi connectivity index (χ3v) is 6.31. The molecule has 0 saturated heterocycles. The van der Waals surface area contributed by atoms with Crippen molar-refractivity contribution in [2.75, 3.05) is 40.0 Å². The van der Waals surface area contributed by atoms with Crippen LogP contribution in [0.25, 0.3) is 0 Å². The summed E-state index contributed by atoms with van der Waals surface area (Å²) in [6.45, 7) is 1.66. The molecule has 0 radical (unpaired) electrons. The Bertz CT molecular complexity index is 997. The molecular formula is C21H25ClN2O6S. The van der Waals surface area contributed by atoms with E-state index in [-0.39, 0.29) is 23.8 Å². The Morgan fingerprint density at radius 1 is 1.13 bits per heavy atom. The third kappa shape index (κ3) is 6.75. The molecule has 1 aliphatic rings. The minimum Gasteiger partial charge on any atom is -0.492 e. The van der Waals surface area contributed by atoms with Crippen molar-refractivity contribution in [3.8, 4) is 17.2 Å². The van der Waals surface area contributed by atoms with E-state index in [4.69, 9.17) is 25.8 Å². The molecular weight excluding hydrogens is 444 g/mol. The van der Waals surface area contributed by atoms with Crippen molar-refractivity contribution >= 4 is 27.5 Å². The van der Waals surface area contributed by atoms with Crippen molar-refractivity contribution in [2.45, 2.75) is 17.7 Å². The number of carbonyl (C=O) groups excluding carboxylic acids is 1. The predicted octanol–water partition coefficient (Wildman–Crippen LogP) is 2.71. The average Bonchev–Trinajstić information content (AvgIpc) is 2.99. The smallest absolute Gasteiger partial charge is 0.240 e. The Balaban J connectivity index is 1.44. The van der Waals surface area contributed by atoms with Gasteiger partial charge in [-0.3, -0.25) is 4.79 Å². The first-order valence-corrected chi connectivity index (χ1v) is 11.7. The van der Waals surface area contributed by atoms with E-state index in [1.165, 1.54) is 17.0 Å². The number of halogens is 1. The highest BCUT2D eigenvalue weighted by Gasteiger charge is 2.19. The molecule has 2 aromatic rings. The first-order valence-electron chi connectivity index (χ1n) is 9.87. The Hall–Kier alpha value is -2.49. The van der Waals surface area contributed by atoms with Crippen molar-refractivity contribution in [3.05, 3.63) is 47.5 Å². The highest BCUT2D eigenvalue weighted by atomic mass is 35.5. The van der Waals surface area contributed by atoms with Crippen molar-refractivity contribution in [3.63, 3.8) is 0 Å². The molecule has 0 aliphatic carbocycles. The third-order valence-electron chi connectivity index (χ3n) is 4.60. The molecule has 0 saturated carbocycles. The lowest BCUT2D eigenvalue weighted by Crippen LogP contribution is -2.34. The molecule has 1 N–H and O–H groups in total. The number of nitrogens with one attached hydrogen (secondary N) is 1. The number of hydrogen-bond donors (Lipinski definition) is 1. The summed E-state index contributed by atoms with van der Waals surface area (Å²) in [5.74, 6) is 1.39. The summed E-state index contributed by atoms with van der Waals surface area (Å²) in [4.78, 5) is 13.8. The maximum absolute atomic E-state index is 12.5. The lowest BCUT2D eigenvalue weighted by molar-refractivity contribution is -0.130. The van der Waals surface area contributed by atoms with Crippen LogP contribution in [0.15, 0.2) is 47.4 Å². The fraction of sp³-hybridized carbons (Fsp3) is 0.381. The van der Waals surface area contributed by atoms with Crippen LogP contribution in [0.5, 0.6) is 17.2 Å². The lowest BCUT2D eigenvalue weighted by atomic mass is 10.3. The van der Waals surface area contributed by atoms with Crippen molar-refractivity contribution < 1.29 is 27.4 Å². The van der Waals surface area contributed by atoms with Gasteiger partial charge >= 0.3 is 0 Å². The summed E-state index contributed by atoms with van der Waals surface area (Å²) in [6, 6.07) is 11.4. The number of nitrogens with zero attached hydrogens (tertiary/aromatic N) is 1. The van der Waals surface area contributed by atoms with E-state index in [2.05, 4.69) is 4.72 Å². The number of fused-ring (bicyclic) bond motifs is 1. The molecule has 1 aliphatic heterocycles. The first-order chi connectivity index (χ1) is 14.8. The molecule has 0 fully saturated rings. The van der Waals surface area contributed by atoms with Gasteiger partial charge in [-0.25, -0.2) is 13.1 Å². The largest absolute Gasteiger partial charge is 0.492 e. The van der Waals surface area contributed by atoms with E-state index in [1.54, 1.807) is 37.4 Å². The fourth-order valence-corrected chi connectivity index (χ4v) is 4.01. The van der Waals surface area contributed by atoms with Crippen LogP contribution in [-0.2, 0) is 14.8 Å². The van der Waals surface area contributed by atoms with Gasteiger partial charge in [0.1, 0.15) is 12.4 Å². The summed E-state index contributed by atoms with van der Waals surface area (Å²) >= 11 is 5.83. The second-order valence-electron chi connectivity index (χ2n) is 6.92. The quantitative estimate of drug-likeness (QED) is 0.608. The van der Waals surface area contributed by atoms with Gasteiger partial charge < -0.3 is 19.1 Å². The molecule has 168 valence electrons. The highest BCUT2D eigenvalue weighted by molar-refractivity contribution is 7.89. The zero-order valence-corrected chi connectivity index (χ0v) is 18.7. The summed E-state index contributed by atoms with van der Waals surface area (Å²) in [5.41, 5.74) is 0. The van der Waals surface area contributed by atoms with Gasteiger partial charge in [0.2, 0.25) is 15.9 Å². The minimum absolute atomic E-state index is 0.0159. The second kappa shape index (κ2) is 10.7. The summed E-state index contributed by atoms with van der Waals surface area (Å²) in [7, 11) is -2.13. The van der Waals surface area contributed by atoms with Gasteiger partial charge in [0.15, 0.2) is 11.5 Å². The zero-order valence-electron chi connectivity index (χ0n) is 17.2. The number of likely N-dealkylation sites (N-methyl/N-ethyl adjacent to an activating group) is 1. The zero-order chi connectivity index (χ0) is 22.3.